The van der Waals surface area contributed by atoms with E-state index in [0.29, 0.717) is 25.1 Å². The number of sulfonamides is 1. The van der Waals surface area contributed by atoms with Gasteiger partial charge in [-0.3, -0.25) is 0 Å². The smallest absolute Gasteiger partial charge is 0.211 e. The van der Waals surface area contributed by atoms with Crippen LogP contribution in [0.25, 0.3) is 0 Å². The van der Waals surface area contributed by atoms with Crippen LogP contribution in [0, 0.1) is 0 Å². The van der Waals surface area contributed by atoms with Crippen molar-refractivity contribution in [2.24, 2.45) is 0 Å². The molecule has 108 valence electrons. The fraction of sp³-hybridized carbons (Fsp3) is 0.818. The van der Waals surface area contributed by atoms with Crippen molar-refractivity contribution in [2.45, 2.75) is 38.3 Å². The number of piperidine rings is 1. The number of hydrogen-bond acceptors (Lipinski definition) is 5. The molecule has 2 heterocycles. The summed E-state index contributed by atoms with van der Waals surface area (Å²) in [7, 11) is -3.30. The Balaban J connectivity index is 2.26. The second-order valence-corrected chi connectivity index (χ2v) is 7.39. The Morgan fingerprint density at radius 1 is 1.47 bits per heavy atom. The van der Waals surface area contributed by atoms with Gasteiger partial charge >= 0.3 is 0 Å². The van der Waals surface area contributed by atoms with Gasteiger partial charge < -0.3 is 5.11 Å². The lowest BCUT2D eigenvalue weighted by Crippen LogP contribution is -2.48. The molecule has 0 amide bonds. The Kier molecular flexibility index (Phi) is 3.67. The third-order valence-corrected chi connectivity index (χ3v) is 4.67. The van der Waals surface area contributed by atoms with Gasteiger partial charge in [0.15, 0.2) is 0 Å². The second-order valence-electron chi connectivity index (χ2n) is 5.41. The van der Waals surface area contributed by atoms with Gasteiger partial charge in [0, 0.05) is 19.1 Å². The molecule has 0 aliphatic carbocycles. The molecule has 8 heteroatoms. The van der Waals surface area contributed by atoms with Gasteiger partial charge in [-0.05, 0) is 26.7 Å². The molecule has 0 saturated carbocycles. The van der Waals surface area contributed by atoms with Gasteiger partial charge in [-0.1, -0.05) is 5.21 Å². The van der Waals surface area contributed by atoms with Crippen molar-refractivity contribution in [2.75, 3.05) is 19.3 Å². The summed E-state index contributed by atoms with van der Waals surface area (Å²) in [5.41, 5.74) is -0.802. The van der Waals surface area contributed by atoms with Crippen LogP contribution in [0.4, 0.5) is 0 Å². The lowest BCUT2D eigenvalue weighted by molar-refractivity contribution is -0.0160. The van der Waals surface area contributed by atoms with E-state index in [1.165, 1.54) is 4.31 Å². The Morgan fingerprint density at radius 2 is 2.16 bits per heavy atom. The van der Waals surface area contributed by atoms with E-state index in [-0.39, 0.29) is 12.6 Å². The highest BCUT2D eigenvalue weighted by atomic mass is 32.2. The highest BCUT2D eigenvalue weighted by Crippen LogP contribution is 2.31. The summed E-state index contributed by atoms with van der Waals surface area (Å²) in [6.45, 7) is 4.42. The molecular formula is C11H20N4O3S. The standard InChI is InChI=1S/C11H20N4O3S/c1-9(2)15-7-10(12-13-15)11(16)5-4-6-14(8-11)19(3,17)18/h7,9,16H,4-6,8H2,1-3H3/t11-/m1/s1. The van der Waals surface area contributed by atoms with Crippen molar-refractivity contribution in [1.82, 2.24) is 19.3 Å². The van der Waals surface area contributed by atoms with Crippen molar-refractivity contribution < 1.29 is 13.5 Å². The molecule has 1 atom stereocenters. The van der Waals surface area contributed by atoms with Crippen LogP contribution in [-0.4, -0.2) is 52.2 Å². The normalized spacial score (nSPS) is 25.9. The summed E-state index contributed by atoms with van der Waals surface area (Å²) in [6.07, 6.45) is 3.95. The largest absolute Gasteiger partial charge is 0.382 e. The average molecular weight is 288 g/mol. The summed E-state index contributed by atoms with van der Waals surface area (Å²) >= 11 is 0. The topological polar surface area (TPSA) is 88.3 Å². The first-order valence-corrected chi connectivity index (χ1v) is 8.17. The number of aliphatic hydroxyl groups is 1. The highest BCUT2D eigenvalue weighted by Gasteiger charge is 2.40. The van der Waals surface area contributed by atoms with Gasteiger partial charge in [0.05, 0.1) is 12.5 Å². The van der Waals surface area contributed by atoms with Crippen molar-refractivity contribution >= 4 is 10.0 Å². The summed E-state index contributed by atoms with van der Waals surface area (Å²) in [6, 6.07) is 0.152. The molecule has 7 nitrogen and oxygen atoms in total. The predicted octanol–water partition coefficient (Wildman–Crippen LogP) is 0.102. The predicted molar refractivity (Wildman–Crippen MR) is 70.0 cm³/mol. The quantitative estimate of drug-likeness (QED) is 0.852. The van der Waals surface area contributed by atoms with E-state index in [9.17, 15) is 13.5 Å². The zero-order valence-electron chi connectivity index (χ0n) is 11.4. The Bertz CT molecular complexity index is 554. The zero-order chi connectivity index (χ0) is 14.3. The number of hydrogen-bond donors (Lipinski definition) is 1. The highest BCUT2D eigenvalue weighted by molar-refractivity contribution is 7.88. The Labute approximate surface area is 113 Å². The molecule has 1 aliphatic rings. The molecule has 2 rings (SSSR count). The molecule has 0 aromatic carbocycles. The van der Waals surface area contributed by atoms with Gasteiger partial charge in [0.25, 0.3) is 0 Å². The Hall–Kier alpha value is -0.990. The summed E-state index contributed by atoms with van der Waals surface area (Å²) in [4.78, 5) is 0. The first-order valence-electron chi connectivity index (χ1n) is 6.32. The first-order chi connectivity index (χ1) is 8.72. The zero-order valence-corrected chi connectivity index (χ0v) is 12.3. The van der Waals surface area contributed by atoms with E-state index in [1.54, 1.807) is 10.9 Å². The summed E-state index contributed by atoms with van der Waals surface area (Å²) in [5.74, 6) is 0. The number of nitrogens with zero attached hydrogens (tertiary/aromatic N) is 4. The van der Waals surface area contributed by atoms with E-state index >= 15 is 0 Å². The number of rotatable bonds is 3. The molecule has 1 saturated heterocycles. The monoisotopic (exact) mass is 288 g/mol. The third kappa shape index (κ3) is 2.96. The molecular weight excluding hydrogens is 268 g/mol. The molecule has 1 aromatic rings. The van der Waals surface area contributed by atoms with Crippen LogP contribution in [0.5, 0.6) is 0 Å². The maximum absolute atomic E-state index is 11.6. The minimum atomic E-state index is -3.30. The van der Waals surface area contributed by atoms with Crippen LogP contribution < -0.4 is 0 Å². The van der Waals surface area contributed by atoms with E-state index in [4.69, 9.17) is 0 Å². The van der Waals surface area contributed by atoms with Gasteiger partial charge in [-0.25, -0.2) is 13.1 Å². The minimum absolute atomic E-state index is 0.0443. The SMILES string of the molecule is CC(C)n1cc([C@@]2(O)CCCN(S(C)(=O)=O)C2)nn1. The summed E-state index contributed by atoms with van der Waals surface area (Å²) < 4.78 is 26.1. The van der Waals surface area contributed by atoms with Crippen LogP contribution in [0.1, 0.15) is 38.4 Å². The average Bonchev–Trinajstić information content (AvgIpc) is 2.77. The van der Waals surface area contributed by atoms with Crippen LogP contribution in [-0.2, 0) is 15.6 Å². The first kappa shape index (κ1) is 14.4. The molecule has 1 fully saturated rings. The van der Waals surface area contributed by atoms with Crippen LogP contribution in [0.3, 0.4) is 0 Å². The van der Waals surface area contributed by atoms with Crippen LogP contribution in [0.15, 0.2) is 6.20 Å². The molecule has 1 N–H and O–H groups in total. The fourth-order valence-corrected chi connectivity index (χ4v) is 3.14. The number of β-amino-alcohol motifs (C(OH)–C–C–N with tert-alkyl or cyclic N) is 1. The fourth-order valence-electron chi connectivity index (χ4n) is 2.23. The Morgan fingerprint density at radius 3 is 2.68 bits per heavy atom. The molecule has 19 heavy (non-hydrogen) atoms. The molecule has 1 aromatic heterocycles. The van der Waals surface area contributed by atoms with E-state index in [1.807, 2.05) is 13.8 Å². The van der Waals surface area contributed by atoms with Gasteiger partial charge in [-0.2, -0.15) is 4.31 Å². The van der Waals surface area contributed by atoms with Gasteiger partial charge in [-0.15, -0.1) is 5.10 Å². The van der Waals surface area contributed by atoms with Crippen molar-refractivity contribution in [3.63, 3.8) is 0 Å². The maximum atomic E-state index is 11.6. The summed E-state index contributed by atoms with van der Waals surface area (Å²) in [5, 5.41) is 18.6. The van der Waals surface area contributed by atoms with Crippen molar-refractivity contribution in [3.05, 3.63) is 11.9 Å². The maximum Gasteiger partial charge on any atom is 0.211 e. The molecule has 1 aliphatic heterocycles. The lowest BCUT2D eigenvalue weighted by atomic mass is 9.91. The van der Waals surface area contributed by atoms with E-state index < -0.39 is 15.6 Å². The van der Waals surface area contributed by atoms with Crippen LogP contribution >= 0.6 is 0 Å². The van der Waals surface area contributed by atoms with Crippen molar-refractivity contribution in [3.8, 4) is 0 Å². The van der Waals surface area contributed by atoms with Gasteiger partial charge in [0.2, 0.25) is 10.0 Å². The van der Waals surface area contributed by atoms with E-state index in [2.05, 4.69) is 10.3 Å². The minimum Gasteiger partial charge on any atom is -0.382 e. The third-order valence-electron chi connectivity index (χ3n) is 3.42. The number of aromatic nitrogens is 3. The van der Waals surface area contributed by atoms with Gasteiger partial charge in [0.1, 0.15) is 11.3 Å². The van der Waals surface area contributed by atoms with E-state index in [0.717, 1.165) is 6.26 Å². The molecule has 0 unspecified atom stereocenters. The molecule has 0 spiro atoms. The molecule has 0 radical (unpaired) electrons. The molecule has 0 bridgehead atoms. The van der Waals surface area contributed by atoms with Crippen molar-refractivity contribution in [1.29, 1.82) is 0 Å². The van der Waals surface area contributed by atoms with Crippen LogP contribution in [0.2, 0.25) is 0 Å². The lowest BCUT2D eigenvalue weighted by Gasteiger charge is -2.36. The second kappa shape index (κ2) is 4.84.